The molecule has 0 aromatic heterocycles. The number of nitrogens with one attached hydrogen (secondary N) is 1. The van der Waals surface area contributed by atoms with Crippen LogP contribution in [0.15, 0.2) is 48.2 Å². The quantitative estimate of drug-likeness (QED) is 0.634. The Morgan fingerprint density at radius 2 is 1.62 bits per heavy atom. The molecule has 0 spiro atoms. The fourth-order valence-corrected chi connectivity index (χ4v) is 2.50. The Kier molecular flexibility index (Phi) is 4.66. The number of benzene rings is 2. The van der Waals surface area contributed by atoms with Gasteiger partial charge in [-0.2, -0.15) is 0 Å². The Hall–Kier alpha value is -3.29. The highest BCUT2D eigenvalue weighted by Gasteiger charge is 2.31. The minimum Gasteiger partial charge on any atom is -0.503 e. The molecule has 0 atom stereocenters. The van der Waals surface area contributed by atoms with E-state index in [1.807, 2.05) is 0 Å². The van der Waals surface area contributed by atoms with E-state index in [1.54, 1.807) is 12.1 Å². The zero-order chi connectivity index (χ0) is 18.8. The molecule has 5 nitrogen and oxygen atoms in total. The Morgan fingerprint density at radius 3 is 2.23 bits per heavy atom. The predicted molar refractivity (Wildman–Crippen MR) is 86.6 cm³/mol. The number of carbonyl (C=O) groups is 2. The number of hydrogen-bond acceptors (Lipinski definition) is 4. The minimum absolute atomic E-state index is 0.0727. The number of phenols is 1. The first-order valence-corrected chi connectivity index (χ1v) is 7.62. The Bertz CT molecular complexity index is 887. The highest BCUT2D eigenvalue weighted by Crippen LogP contribution is 2.26. The summed E-state index contributed by atoms with van der Waals surface area (Å²) in [6, 6.07) is 7.27. The maximum atomic E-state index is 13.4. The highest BCUT2D eigenvalue weighted by atomic mass is 19.1. The molecule has 0 unspecified atom stereocenters. The Balaban J connectivity index is 1.68. The molecule has 134 valence electrons. The van der Waals surface area contributed by atoms with Crippen LogP contribution in [0.5, 0.6) is 5.75 Å². The zero-order valence-corrected chi connectivity index (χ0v) is 13.3. The van der Waals surface area contributed by atoms with Crippen LogP contribution >= 0.6 is 0 Å². The lowest BCUT2D eigenvalue weighted by atomic mass is 10.1. The van der Waals surface area contributed by atoms with E-state index < -0.39 is 29.2 Å². The second-order valence-corrected chi connectivity index (χ2v) is 5.64. The molecule has 2 N–H and O–H groups in total. The summed E-state index contributed by atoms with van der Waals surface area (Å²) >= 11 is 0. The number of imide groups is 1. The molecule has 0 bridgehead atoms. The molecular weight excluding hydrogens is 349 g/mol. The zero-order valence-electron chi connectivity index (χ0n) is 13.3. The van der Waals surface area contributed by atoms with Crippen molar-refractivity contribution in [3.8, 4) is 5.75 Å². The van der Waals surface area contributed by atoms with Crippen LogP contribution in [0, 0.1) is 17.5 Å². The van der Waals surface area contributed by atoms with Gasteiger partial charge in [-0.15, -0.1) is 0 Å². The summed E-state index contributed by atoms with van der Waals surface area (Å²) < 4.78 is 39.6. The predicted octanol–water partition coefficient (Wildman–Crippen LogP) is 2.72. The summed E-state index contributed by atoms with van der Waals surface area (Å²) in [6.07, 6.45) is 1.36. The number of rotatable bonds is 5. The standard InChI is InChI=1S/C18H13F3N2O3/c19-11-3-1-10(2-4-11)5-6-23-16(24)9-15(18(23)26)22-12-7-13(20)17(25)14(21)8-12/h1-4,7-9,22,25H,5-6H2. The number of amides is 2. The maximum absolute atomic E-state index is 13.4. The van der Waals surface area contributed by atoms with Gasteiger partial charge in [0.2, 0.25) is 0 Å². The van der Waals surface area contributed by atoms with E-state index in [2.05, 4.69) is 5.32 Å². The normalized spacial score (nSPS) is 14.0. The van der Waals surface area contributed by atoms with Gasteiger partial charge in [0.15, 0.2) is 17.4 Å². The van der Waals surface area contributed by atoms with Crippen molar-refractivity contribution >= 4 is 17.5 Å². The lowest BCUT2D eigenvalue weighted by Crippen LogP contribution is -2.33. The van der Waals surface area contributed by atoms with Gasteiger partial charge in [0.05, 0.1) is 0 Å². The second-order valence-electron chi connectivity index (χ2n) is 5.64. The number of aromatic hydroxyl groups is 1. The van der Waals surface area contributed by atoms with E-state index in [0.29, 0.717) is 6.42 Å². The van der Waals surface area contributed by atoms with Crippen molar-refractivity contribution in [1.82, 2.24) is 4.90 Å². The second kappa shape index (κ2) is 6.91. The summed E-state index contributed by atoms with van der Waals surface area (Å²) in [5.41, 5.74) is 0.486. The van der Waals surface area contributed by atoms with Crippen LogP contribution in [0.1, 0.15) is 5.56 Å². The van der Waals surface area contributed by atoms with Crippen LogP contribution in [0.25, 0.3) is 0 Å². The molecular formula is C18H13F3N2O3. The van der Waals surface area contributed by atoms with E-state index in [9.17, 15) is 22.8 Å². The fourth-order valence-electron chi connectivity index (χ4n) is 2.50. The first kappa shape index (κ1) is 17.5. The van der Waals surface area contributed by atoms with E-state index in [4.69, 9.17) is 5.11 Å². The molecule has 2 aromatic carbocycles. The molecule has 1 aliphatic heterocycles. The molecule has 0 radical (unpaired) electrons. The average molecular weight is 362 g/mol. The third-order valence-corrected chi connectivity index (χ3v) is 3.84. The van der Waals surface area contributed by atoms with E-state index in [1.165, 1.54) is 12.1 Å². The molecule has 2 amide bonds. The van der Waals surface area contributed by atoms with Crippen LogP contribution in [0.4, 0.5) is 18.9 Å². The SMILES string of the molecule is O=C1C=C(Nc2cc(F)c(O)c(F)c2)C(=O)N1CCc1ccc(F)cc1. The van der Waals surface area contributed by atoms with Crippen molar-refractivity contribution in [1.29, 1.82) is 0 Å². The van der Waals surface area contributed by atoms with E-state index in [0.717, 1.165) is 28.7 Å². The third kappa shape index (κ3) is 3.53. The fraction of sp³-hybridized carbons (Fsp3) is 0.111. The van der Waals surface area contributed by atoms with E-state index >= 15 is 0 Å². The lowest BCUT2D eigenvalue weighted by molar-refractivity contribution is -0.137. The summed E-state index contributed by atoms with van der Waals surface area (Å²) in [6.45, 7) is 0.0727. The monoisotopic (exact) mass is 362 g/mol. The molecule has 0 saturated carbocycles. The number of hydrogen-bond donors (Lipinski definition) is 2. The summed E-state index contributed by atoms with van der Waals surface area (Å²) in [4.78, 5) is 25.3. The van der Waals surface area contributed by atoms with Gasteiger partial charge < -0.3 is 10.4 Å². The third-order valence-electron chi connectivity index (χ3n) is 3.84. The average Bonchev–Trinajstić information content (AvgIpc) is 2.86. The van der Waals surface area contributed by atoms with Gasteiger partial charge in [-0.1, -0.05) is 12.1 Å². The van der Waals surface area contributed by atoms with Gasteiger partial charge in [0, 0.05) is 30.4 Å². The van der Waals surface area contributed by atoms with Crippen molar-refractivity contribution in [3.63, 3.8) is 0 Å². The summed E-state index contributed by atoms with van der Waals surface area (Å²) in [5.74, 6) is -5.12. The smallest absolute Gasteiger partial charge is 0.277 e. The number of nitrogens with zero attached hydrogens (tertiary/aromatic N) is 1. The highest BCUT2D eigenvalue weighted by molar-refractivity contribution is 6.17. The Morgan fingerprint density at radius 1 is 1.00 bits per heavy atom. The minimum atomic E-state index is -1.20. The van der Waals surface area contributed by atoms with Crippen LogP contribution in [-0.2, 0) is 16.0 Å². The van der Waals surface area contributed by atoms with Crippen molar-refractivity contribution in [3.05, 3.63) is 71.2 Å². The number of anilines is 1. The molecule has 0 aliphatic carbocycles. The molecule has 2 aromatic rings. The molecule has 3 rings (SSSR count). The van der Waals surface area contributed by atoms with Gasteiger partial charge in [0.1, 0.15) is 11.5 Å². The van der Waals surface area contributed by atoms with Crippen LogP contribution in [0.3, 0.4) is 0 Å². The van der Waals surface area contributed by atoms with E-state index in [-0.39, 0.29) is 23.7 Å². The van der Waals surface area contributed by atoms with Gasteiger partial charge in [0.25, 0.3) is 11.8 Å². The van der Waals surface area contributed by atoms with Gasteiger partial charge >= 0.3 is 0 Å². The number of phenolic OH excluding ortho intramolecular Hbond substituents is 1. The van der Waals surface area contributed by atoms with Crippen molar-refractivity contribution < 1.29 is 27.9 Å². The van der Waals surface area contributed by atoms with Crippen molar-refractivity contribution in [2.75, 3.05) is 11.9 Å². The van der Waals surface area contributed by atoms with Crippen molar-refractivity contribution in [2.24, 2.45) is 0 Å². The lowest BCUT2D eigenvalue weighted by Gasteiger charge is -2.15. The molecule has 1 aliphatic rings. The summed E-state index contributed by atoms with van der Waals surface area (Å²) in [5, 5.41) is 11.6. The van der Waals surface area contributed by atoms with Crippen LogP contribution in [-0.4, -0.2) is 28.4 Å². The number of carbonyl (C=O) groups excluding carboxylic acids is 2. The van der Waals surface area contributed by atoms with Crippen molar-refractivity contribution in [2.45, 2.75) is 6.42 Å². The van der Waals surface area contributed by atoms with Gasteiger partial charge in [-0.05, 0) is 24.1 Å². The molecule has 0 saturated heterocycles. The molecule has 8 heteroatoms. The largest absolute Gasteiger partial charge is 0.503 e. The molecule has 0 fully saturated rings. The summed E-state index contributed by atoms with van der Waals surface area (Å²) in [7, 11) is 0. The van der Waals surface area contributed by atoms with Gasteiger partial charge in [-0.25, -0.2) is 13.2 Å². The van der Waals surface area contributed by atoms with Crippen LogP contribution in [0.2, 0.25) is 0 Å². The first-order valence-electron chi connectivity index (χ1n) is 7.62. The molecule has 1 heterocycles. The Labute approximate surface area is 146 Å². The topological polar surface area (TPSA) is 69.6 Å². The first-order chi connectivity index (χ1) is 12.3. The number of halogens is 3. The molecule has 26 heavy (non-hydrogen) atoms. The maximum Gasteiger partial charge on any atom is 0.277 e. The van der Waals surface area contributed by atoms with Crippen LogP contribution < -0.4 is 5.32 Å². The van der Waals surface area contributed by atoms with Gasteiger partial charge in [-0.3, -0.25) is 14.5 Å².